The first kappa shape index (κ1) is 21.3. The van der Waals surface area contributed by atoms with Crippen LogP contribution in [0.15, 0.2) is 18.2 Å². The second-order valence-corrected chi connectivity index (χ2v) is 8.54. The van der Waals surface area contributed by atoms with E-state index >= 15 is 0 Å². The van der Waals surface area contributed by atoms with E-state index in [0.29, 0.717) is 19.4 Å². The van der Waals surface area contributed by atoms with Crippen LogP contribution < -0.4 is 5.32 Å². The third kappa shape index (κ3) is 4.98. The van der Waals surface area contributed by atoms with Crippen LogP contribution in [0.2, 0.25) is 0 Å². The Bertz CT molecular complexity index is 769. The maximum atomic E-state index is 13.3. The van der Waals surface area contributed by atoms with E-state index in [2.05, 4.69) is 5.32 Å². The van der Waals surface area contributed by atoms with Gasteiger partial charge in [0.25, 0.3) is 0 Å². The lowest BCUT2D eigenvalue weighted by Crippen LogP contribution is -2.53. The van der Waals surface area contributed by atoms with E-state index in [1.165, 1.54) is 6.42 Å². The summed E-state index contributed by atoms with van der Waals surface area (Å²) in [6, 6.07) is 5.38. The van der Waals surface area contributed by atoms with Crippen molar-refractivity contribution in [1.29, 1.82) is 0 Å². The molecule has 0 saturated heterocycles. The molecule has 0 unspecified atom stereocenters. The van der Waals surface area contributed by atoms with Gasteiger partial charge in [0.1, 0.15) is 6.04 Å². The largest absolute Gasteiger partial charge is 0.347 e. The van der Waals surface area contributed by atoms with E-state index in [-0.39, 0.29) is 23.6 Å². The molecule has 1 saturated carbocycles. The molecule has 0 bridgehead atoms. The number of fused-ring (bicyclic) bond motifs is 1. The lowest BCUT2D eigenvalue weighted by molar-refractivity contribution is -0.149. The van der Waals surface area contributed by atoms with Crippen LogP contribution in [0.25, 0.3) is 0 Å². The maximum absolute atomic E-state index is 13.3. The lowest BCUT2D eigenvalue weighted by atomic mass is 9.86. The summed E-state index contributed by atoms with van der Waals surface area (Å²) >= 11 is 0. The van der Waals surface area contributed by atoms with Crippen molar-refractivity contribution >= 4 is 23.4 Å². The number of nitrogens with zero attached hydrogens (tertiary/aromatic N) is 2. The second kappa shape index (κ2) is 9.42. The molecule has 1 aromatic carbocycles. The smallest absolute Gasteiger partial charge is 0.245 e. The maximum Gasteiger partial charge on any atom is 0.245 e. The summed E-state index contributed by atoms with van der Waals surface area (Å²) in [7, 11) is 3.49. The molecule has 1 fully saturated rings. The molecule has 6 heteroatoms. The van der Waals surface area contributed by atoms with Crippen LogP contribution in [0.1, 0.15) is 63.0 Å². The summed E-state index contributed by atoms with van der Waals surface area (Å²) in [5, 5.41) is 2.94. The third-order valence-corrected chi connectivity index (χ3v) is 6.06. The van der Waals surface area contributed by atoms with Gasteiger partial charge >= 0.3 is 0 Å². The van der Waals surface area contributed by atoms with E-state index in [1.807, 2.05) is 25.1 Å². The standard InChI is InChI=1S/C23H33N3O3/c1-4-8-21(27)24-19-12-11-17-14-20(23(29)25(2)3)26(15-18(17)13-19)22(28)16-9-6-5-7-10-16/h11-13,16,20H,4-10,14-15H2,1-3H3,(H,24,27)/t20-/m0/s1. The fourth-order valence-electron chi connectivity index (χ4n) is 4.45. The van der Waals surface area contributed by atoms with Crippen molar-refractivity contribution < 1.29 is 14.4 Å². The molecule has 1 aliphatic carbocycles. The van der Waals surface area contributed by atoms with Gasteiger partial charge < -0.3 is 15.1 Å². The summed E-state index contributed by atoms with van der Waals surface area (Å²) in [6.45, 7) is 2.40. The molecule has 0 radical (unpaired) electrons. The molecule has 1 N–H and O–H groups in total. The molecular formula is C23H33N3O3. The van der Waals surface area contributed by atoms with Gasteiger partial charge in [-0.3, -0.25) is 14.4 Å². The van der Waals surface area contributed by atoms with Crippen LogP contribution in [-0.2, 0) is 27.3 Å². The van der Waals surface area contributed by atoms with E-state index in [1.54, 1.807) is 23.9 Å². The Kier molecular flexibility index (Phi) is 6.93. The predicted octanol–water partition coefficient (Wildman–Crippen LogP) is 3.35. The Morgan fingerprint density at radius 2 is 1.83 bits per heavy atom. The van der Waals surface area contributed by atoms with E-state index in [0.717, 1.165) is 48.9 Å². The van der Waals surface area contributed by atoms with E-state index in [9.17, 15) is 14.4 Å². The Balaban J connectivity index is 1.85. The highest BCUT2D eigenvalue weighted by Crippen LogP contribution is 2.32. The number of hydrogen-bond acceptors (Lipinski definition) is 3. The SMILES string of the molecule is CCCC(=O)Nc1ccc2c(c1)CN(C(=O)C1CCCCC1)[C@H](C(=O)N(C)C)C2. The van der Waals surface area contributed by atoms with Crippen molar-refractivity contribution in [3.63, 3.8) is 0 Å². The van der Waals surface area contributed by atoms with Gasteiger partial charge in [-0.1, -0.05) is 32.3 Å². The summed E-state index contributed by atoms with van der Waals surface area (Å²) in [6.07, 6.45) is 7.00. The number of benzene rings is 1. The van der Waals surface area contributed by atoms with Crippen molar-refractivity contribution in [2.45, 2.75) is 70.9 Å². The van der Waals surface area contributed by atoms with Crippen LogP contribution in [0.3, 0.4) is 0 Å². The van der Waals surface area contributed by atoms with Gasteiger partial charge in [-0.2, -0.15) is 0 Å². The van der Waals surface area contributed by atoms with Gasteiger partial charge in [-0.05, 0) is 42.5 Å². The second-order valence-electron chi connectivity index (χ2n) is 8.54. The third-order valence-electron chi connectivity index (χ3n) is 6.06. The van der Waals surface area contributed by atoms with Crippen LogP contribution in [-0.4, -0.2) is 47.7 Å². The monoisotopic (exact) mass is 399 g/mol. The number of hydrogen-bond donors (Lipinski definition) is 1. The quantitative estimate of drug-likeness (QED) is 0.825. The zero-order chi connectivity index (χ0) is 21.0. The number of likely N-dealkylation sites (N-methyl/N-ethyl adjacent to an activating group) is 1. The summed E-state index contributed by atoms with van der Waals surface area (Å²) in [4.78, 5) is 41.5. The zero-order valence-corrected chi connectivity index (χ0v) is 17.9. The number of amides is 3. The lowest BCUT2D eigenvalue weighted by Gasteiger charge is -2.39. The van der Waals surface area contributed by atoms with Gasteiger partial charge in [0, 0.05) is 45.1 Å². The van der Waals surface area contributed by atoms with Crippen molar-refractivity contribution in [2.75, 3.05) is 19.4 Å². The highest BCUT2D eigenvalue weighted by molar-refractivity contribution is 5.91. The van der Waals surface area contributed by atoms with Gasteiger partial charge in [-0.15, -0.1) is 0 Å². The molecule has 3 amide bonds. The molecule has 1 aliphatic heterocycles. The highest BCUT2D eigenvalue weighted by atomic mass is 16.2. The molecule has 1 atom stereocenters. The minimum absolute atomic E-state index is 0.000871. The Morgan fingerprint density at radius 1 is 1.10 bits per heavy atom. The van der Waals surface area contributed by atoms with Gasteiger partial charge in [0.2, 0.25) is 17.7 Å². The minimum atomic E-state index is -0.451. The topological polar surface area (TPSA) is 69.7 Å². The first-order valence-electron chi connectivity index (χ1n) is 10.8. The van der Waals surface area contributed by atoms with Crippen molar-refractivity contribution in [2.24, 2.45) is 5.92 Å². The molecule has 1 aromatic rings. The minimum Gasteiger partial charge on any atom is -0.347 e. The molecule has 0 aromatic heterocycles. The molecule has 0 spiro atoms. The first-order chi connectivity index (χ1) is 13.9. The Hall–Kier alpha value is -2.37. The van der Waals surface area contributed by atoms with Gasteiger partial charge in [0.05, 0.1) is 0 Å². The molecule has 1 heterocycles. The molecule has 158 valence electrons. The fraction of sp³-hybridized carbons (Fsp3) is 0.609. The molecule has 29 heavy (non-hydrogen) atoms. The molecule has 2 aliphatic rings. The van der Waals surface area contributed by atoms with Crippen LogP contribution in [0, 0.1) is 5.92 Å². The number of anilines is 1. The summed E-state index contributed by atoms with van der Waals surface area (Å²) in [5.74, 6) is 0.102. The van der Waals surface area contributed by atoms with Gasteiger partial charge in [0.15, 0.2) is 0 Å². The first-order valence-corrected chi connectivity index (χ1v) is 10.8. The average Bonchev–Trinajstić information content (AvgIpc) is 2.72. The number of nitrogens with one attached hydrogen (secondary N) is 1. The van der Waals surface area contributed by atoms with E-state index < -0.39 is 6.04 Å². The highest BCUT2D eigenvalue weighted by Gasteiger charge is 2.38. The predicted molar refractivity (Wildman–Crippen MR) is 113 cm³/mol. The summed E-state index contributed by atoms with van der Waals surface area (Å²) in [5.41, 5.74) is 2.85. The zero-order valence-electron chi connectivity index (χ0n) is 17.9. The fourth-order valence-corrected chi connectivity index (χ4v) is 4.45. The van der Waals surface area contributed by atoms with Crippen LogP contribution in [0.4, 0.5) is 5.69 Å². The van der Waals surface area contributed by atoms with Gasteiger partial charge in [-0.25, -0.2) is 0 Å². The Labute approximate surface area is 173 Å². The van der Waals surface area contributed by atoms with Crippen molar-refractivity contribution in [3.05, 3.63) is 29.3 Å². The van der Waals surface area contributed by atoms with Crippen LogP contribution in [0.5, 0.6) is 0 Å². The number of carbonyl (C=O) groups is 3. The number of carbonyl (C=O) groups excluding carboxylic acids is 3. The molecular weight excluding hydrogens is 366 g/mol. The van der Waals surface area contributed by atoms with Crippen molar-refractivity contribution in [3.8, 4) is 0 Å². The van der Waals surface area contributed by atoms with E-state index in [4.69, 9.17) is 0 Å². The van der Waals surface area contributed by atoms with Crippen LogP contribution >= 0.6 is 0 Å². The summed E-state index contributed by atoms with van der Waals surface area (Å²) < 4.78 is 0. The Morgan fingerprint density at radius 3 is 2.48 bits per heavy atom. The van der Waals surface area contributed by atoms with Crippen molar-refractivity contribution in [1.82, 2.24) is 9.80 Å². The average molecular weight is 400 g/mol. The normalized spacial score (nSPS) is 19.4. The molecule has 3 rings (SSSR count). The molecule has 6 nitrogen and oxygen atoms in total. The number of rotatable bonds is 5.